The first-order chi connectivity index (χ1) is 15.0. The first kappa shape index (κ1) is 21.3. The van der Waals surface area contributed by atoms with Gasteiger partial charge >= 0.3 is 12.0 Å². The van der Waals surface area contributed by atoms with E-state index in [1.54, 1.807) is 31.3 Å². The van der Waals surface area contributed by atoms with Crippen LogP contribution in [0.4, 0.5) is 4.79 Å². The topological polar surface area (TPSA) is 74.4 Å². The molecule has 0 fully saturated rings. The molecule has 31 heavy (non-hydrogen) atoms. The van der Waals surface area contributed by atoms with Gasteiger partial charge in [-0.2, -0.15) is 0 Å². The average molecular weight is 458 g/mol. The Bertz CT molecular complexity index is 1190. The van der Waals surface area contributed by atoms with Gasteiger partial charge in [-0.25, -0.2) is 9.59 Å². The van der Waals surface area contributed by atoms with Crippen molar-refractivity contribution in [1.82, 2.24) is 15.2 Å². The van der Waals surface area contributed by atoms with Crippen molar-refractivity contribution in [2.45, 2.75) is 19.9 Å². The molecule has 3 aromatic rings. The molecule has 0 saturated carbocycles. The van der Waals surface area contributed by atoms with Gasteiger partial charge < -0.3 is 15.0 Å². The molecule has 1 aliphatic heterocycles. The zero-order valence-corrected chi connectivity index (χ0v) is 18.4. The lowest BCUT2D eigenvalue weighted by Gasteiger charge is -2.19. The molecule has 8 heteroatoms. The van der Waals surface area contributed by atoms with Gasteiger partial charge in [-0.3, -0.25) is 4.90 Å². The largest absolute Gasteiger partial charge is 0.462 e. The van der Waals surface area contributed by atoms with Crippen molar-refractivity contribution in [1.29, 1.82) is 0 Å². The Kier molecular flexibility index (Phi) is 6.20. The zero-order chi connectivity index (χ0) is 22.0. The van der Waals surface area contributed by atoms with Gasteiger partial charge in [-0.1, -0.05) is 47.5 Å². The minimum absolute atomic E-state index is 0.238. The number of nitrogens with one attached hydrogen (secondary N) is 2. The summed E-state index contributed by atoms with van der Waals surface area (Å²) in [6.07, 6.45) is 2.14. The van der Waals surface area contributed by atoms with Gasteiger partial charge in [0.1, 0.15) is 0 Å². The van der Waals surface area contributed by atoms with Crippen LogP contribution in [0.25, 0.3) is 16.5 Å². The lowest BCUT2D eigenvalue weighted by atomic mass is 10.0. The summed E-state index contributed by atoms with van der Waals surface area (Å²) in [5.74, 6) is -0.476. The normalized spacial score (nSPS) is 13.4. The van der Waals surface area contributed by atoms with Crippen LogP contribution >= 0.6 is 23.2 Å². The van der Waals surface area contributed by atoms with Gasteiger partial charge in [0.2, 0.25) is 0 Å². The number of hydrogen-bond acceptors (Lipinski definition) is 3. The Labute approximate surface area is 189 Å². The molecule has 0 atom stereocenters. The number of H-pyrrole nitrogens is 1. The molecule has 0 unspecified atom stereocenters. The van der Waals surface area contributed by atoms with Gasteiger partial charge in [0.15, 0.2) is 0 Å². The Hall–Kier alpha value is -2.96. The van der Waals surface area contributed by atoms with Crippen LogP contribution in [-0.2, 0) is 22.5 Å². The number of hydrogen-bond donors (Lipinski definition) is 2. The monoisotopic (exact) mass is 457 g/mol. The third-order valence-corrected chi connectivity index (χ3v) is 5.76. The molecule has 2 aromatic carbocycles. The van der Waals surface area contributed by atoms with Crippen LogP contribution < -0.4 is 5.32 Å². The number of aromatic nitrogens is 1. The molecular formula is C23H21Cl2N3O3. The number of para-hydroxylation sites is 1. The molecule has 0 radical (unpaired) electrons. The smallest absolute Gasteiger partial charge is 0.341 e. The molecule has 0 bridgehead atoms. The molecule has 0 saturated heterocycles. The number of carbonyl (C=O) groups is 2. The van der Waals surface area contributed by atoms with Crippen molar-refractivity contribution in [2.24, 2.45) is 0 Å². The van der Waals surface area contributed by atoms with Crippen molar-refractivity contribution in [2.75, 3.05) is 13.2 Å². The molecule has 2 heterocycles. The third-order valence-electron chi connectivity index (χ3n) is 5.17. The number of aromatic amines is 1. The standard InChI is InChI=1S/C23H21Cl2N3O3/c1-2-31-22(29)18-13-28(23(30)26-12-14-7-8-15(24)11-19(14)25)10-9-17-16-5-3-4-6-20(16)27-21(17)18/h3-8,11,13,27H,2,9-10,12H2,1H3,(H,26,30). The van der Waals surface area contributed by atoms with Gasteiger partial charge in [0.25, 0.3) is 0 Å². The number of nitrogens with zero attached hydrogens (tertiary/aromatic N) is 1. The van der Waals surface area contributed by atoms with Crippen LogP contribution in [0.15, 0.2) is 48.7 Å². The maximum Gasteiger partial charge on any atom is 0.341 e. The van der Waals surface area contributed by atoms with E-state index in [2.05, 4.69) is 10.3 Å². The fraction of sp³-hybridized carbons (Fsp3) is 0.217. The molecule has 1 aromatic heterocycles. The Morgan fingerprint density at radius 1 is 1.19 bits per heavy atom. The molecule has 1 aliphatic rings. The average Bonchev–Trinajstić information content (AvgIpc) is 3.00. The van der Waals surface area contributed by atoms with E-state index in [-0.39, 0.29) is 19.2 Å². The number of benzene rings is 2. The predicted octanol–water partition coefficient (Wildman–Crippen LogP) is 5.15. The molecule has 0 spiro atoms. The molecule has 160 valence electrons. The molecule has 0 aliphatic carbocycles. The lowest BCUT2D eigenvalue weighted by Crippen LogP contribution is -2.37. The van der Waals surface area contributed by atoms with Gasteiger partial charge in [-0.15, -0.1) is 0 Å². The van der Waals surface area contributed by atoms with Gasteiger partial charge in [0, 0.05) is 40.2 Å². The van der Waals surface area contributed by atoms with Crippen LogP contribution in [0, 0.1) is 0 Å². The molecule has 2 amide bonds. The summed E-state index contributed by atoms with van der Waals surface area (Å²) in [7, 11) is 0. The molecule has 6 nitrogen and oxygen atoms in total. The number of ether oxygens (including phenoxy) is 1. The van der Waals surface area contributed by atoms with E-state index in [1.807, 2.05) is 24.3 Å². The SMILES string of the molecule is CCOC(=O)C1=CN(C(=O)NCc2ccc(Cl)cc2Cl)CCc2c1[nH]c1ccccc21. The van der Waals surface area contributed by atoms with Crippen molar-refractivity contribution in [3.05, 3.63) is 75.5 Å². The van der Waals surface area contributed by atoms with Crippen molar-refractivity contribution < 1.29 is 14.3 Å². The second kappa shape index (κ2) is 9.04. The first-order valence-electron chi connectivity index (χ1n) is 9.95. The minimum Gasteiger partial charge on any atom is -0.462 e. The van der Waals surface area contributed by atoms with E-state index in [4.69, 9.17) is 27.9 Å². The van der Waals surface area contributed by atoms with E-state index in [1.165, 1.54) is 4.90 Å². The fourth-order valence-corrected chi connectivity index (χ4v) is 4.14. The van der Waals surface area contributed by atoms with Crippen LogP contribution in [0.2, 0.25) is 10.0 Å². The summed E-state index contributed by atoms with van der Waals surface area (Å²) in [6, 6.07) is 12.7. The van der Waals surface area contributed by atoms with Gasteiger partial charge in [-0.05, 0) is 42.7 Å². The van der Waals surface area contributed by atoms with Crippen molar-refractivity contribution in [3.8, 4) is 0 Å². The predicted molar refractivity (Wildman–Crippen MR) is 122 cm³/mol. The second-order valence-electron chi connectivity index (χ2n) is 7.13. The van der Waals surface area contributed by atoms with Crippen molar-refractivity contribution >= 4 is 51.7 Å². The second-order valence-corrected chi connectivity index (χ2v) is 7.97. The Balaban J connectivity index is 1.61. The van der Waals surface area contributed by atoms with Crippen LogP contribution in [0.1, 0.15) is 23.7 Å². The van der Waals surface area contributed by atoms with Crippen LogP contribution in [0.3, 0.4) is 0 Å². The minimum atomic E-state index is -0.476. The highest BCUT2D eigenvalue weighted by atomic mass is 35.5. The number of amides is 2. The quantitative estimate of drug-likeness (QED) is 0.532. The fourth-order valence-electron chi connectivity index (χ4n) is 3.67. The molecule has 2 N–H and O–H groups in total. The summed E-state index contributed by atoms with van der Waals surface area (Å²) in [6.45, 7) is 2.65. The van der Waals surface area contributed by atoms with Crippen molar-refractivity contribution in [3.63, 3.8) is 0 Å². The maximum absolute atomic E-state index is 12.9. The summed E-state index contributed by atoms with van der Waals surface area (Å²) < 4.78 is 5.26. The van der Waals surface area contributed by atoms with Crippen LogP contribution in [-0.4, -0.2) is 35.0 Å². The summed E-state index contributed by atoms with van der Waals surface area (Å²) in [5.41, 5.74) is 3.70. The highest BCUT2D eigenvalue weighted by Gasteiger charge is 2.27. The highest BCUT2D eigenvalue weighted by molar-refractivity contribution is 6.35. The maximum atomic E-state index is 12.9. The molecular weight excluding hydrogens is 437 g/mol. The van der Waals surface area contributed by atoms with Gasteiger partial charge in [0.05, 0.1) is 17.9 Å². The Morgan fingerprint density at radius 2 is 2.00 bits per heavy atom. The lowest BCUT2D eigenvalue weighted by molar-refractivity contribution is -0.136. The summed E-state index contributed by atoms with van der Waals surface area (Å²) in [5, 5.41) is 4.90. The van der Waals surface area contributed by atoms with Crippen LogP contribution in [0.5, 0.6) is 0 Å². The summed E-state index contributed by atoms with van der Waals surface area (Å²) in [4.78, 5) is 30.4. The zero-order valence-electron chi connectivity index (χ0n) is 16.9. The number of rotatable bonds is 4. The summed E-state index contributed by atoms with van der Waals surface area (Å²) >= 11 is 12.1. The van der Waals surface area contributed by atoms with E-state index in [9.17, 15) is 9.59 Å². The number of fused-ring (bicyclic) bond motifs is 3. The van der Waals surface area contributed by atoms with E-state index in [0.29, 0.717) is 34.3 Å². The third kappa shape index (κ3) is 4.40. The first-order valence-corrected chi connectivity index (χ1v) is 10.7. The highest BCUT2D eigenvalue weighted by Crippen LogP contribution is 2.31. The van der Waals surface area contributed by atoms with E-state index < -0.39 is 5.97 Å². The van der Waals surface area contributed by atoms with E-state index in [0.717, 1.165) is 22.0 Å². The number of halogens is 2. The van der Waals surface area contributed by atoms with E-state index >= 15 is 0 Å². The number of esters is 1. The molecule has 4 rings (SSSR count). The Morgan fingerprint density at radius 3 is 2.77 bits per heavy atom. The number of carbonyl (C=O) groups excluding carboxylic acids is 2. The number of urea groups is 1.